The number of benzene rings is 1. The molecule has 1 rings (SSSR count). The van der Waals surface area contributed by atoms with Crippen LogP contribution < -0.4 is 16.0 Å². The van der Waals surface area contributed by atoms with E-state index < -0.39 is 0 Å². The molecule has 0 aliphatic rings. The Morgan fingerprint density at radius 2 is 2.00 bits per heavy atom. The molecule has 0 aliphatic heterocycles. The van der Waals surface area contributed by atoms with Crippen molar-refractivity contribution >= 4 is 29.8 Å². The summed E-state index contributed by atoms with van der Waals surface area (Å²) in [6, 6.07) is 6.33. The molecule has 0 aliphatic carbocycles. The second kappa shape index (κ2) is 8.56. The molecule has 0 spiro atoms. The molecule has 22 heavy (non-hydrogen) atoms. The van der Waals surface area contributed by atoms with Gasteiger partial charge in [-0.3, -0.25) is 24.5 Å². The van der Waals surface area contributed by atoms with E-state index in [1.807, 2.05) is 5.32 Å². The van der Waals surface area contributed by atoms with Crippen LogP contribution >= 0.6 is 0 Å². The zero-order valence-electron chi connectivity index (χ0n) is 12.5. The summed E-state index contributed by atoms with van der Waals surface area (Å²) in [6.45, 7) is 3.16. The predicted molar refractivity (Wildman–Crippen MR) is 81.1 cm³/mol. The number of amides is 4. The fourth-order valence-corrected chi connectivity index (χ4v) is 1.81. The lowest BCUT2D eigenvalue weighted by Crippen LogP contribution is -2.34. The number of hydrogen-bond donors (Lipinski definition) is 3. The van der Waals surface area contributed by atoms with E-state index >= 15 is 0 Å². The van der Waals surface area contributed by atoms with Crippen LogP contribution in [0.4, 0.5) is 5.69 Å². The third kappa shape index (κ3) is 6.17. The Morgan fingerprint density at radius 1 is 1.27 bits per heavy atom. The van der Waals surface area contributed by atoms with Gasteiger partial charge in [0, 0.05) is 30.6 Å². The highest BCUT2D eigenvalue weighted by Gasteiger charge is 2.12. The van der Waals surface area contributed by atoms with Crippen molar-refractivity contribution in [3.63, 3.8) is 0 Å². The van der Waals surface area contributed by atoms with E-state index in [0.29, 0.717) is 24.1 Å². The molecule has 3 N–H and O–H groups in total. The van der Waals surface area contributed by atoms with Crippen molar-refractivity contribution < 1.29 is 19.2 Å². The smallest absolute Gasteiger partial charge is 0.251 e. The molecule has 1 unspecified atom stereocenters. The standard InChI is InChI=1S/C15H19N3O4/c1-10(6-7-14(21)16-9-19)17-15(22)12-4-3-5-13(8-12)18-11(2)20/h3-5,8-10H,6-7H2,1-2H3,(H,17,22)(H,18,20)(H,16,19,21). The number of carbonyl (C=O) groups excluding carboxylic acids is 4. The maximum absolute atomic E-state index is 12.1. The van der Waals surface area contributed by atoms with Gasteiger partial charge in [0.1, 0.15) is 0 Å². The summed E-state index contributed by atoms with van der Waals surface area (Å²) < 4.78 is 0. The fraction of sp³-hybridized carbons (Fsp3) is 0.333. The fourth-order valence-electron chi connectivity index (χ4n) is 1.81. The Bertz CT molecular complexity index is 572. The summed E-state index contributed by atoms with van der Waals surface area (Å²) >= 11 is 0. The molecule has 1 aromatic rings. The molecule has 118 valence electrons. The summed E-state index contributed by atoms with van der Waals surface area (Å²) in [7, 11) is 0. The molecule has 1 atom stereocenters. The van der Waals surface area contributed by atoms with E-state index in [9.17, 15) is 19.2 Å². The topological polar surface area (TPSA) is 104 Å². The van der Waals surface area contributed by atoms with E-state index in [1.54, 1.807) is 31.2 Å². The van der Waals surface area contributed by atoms with Crippen LogP contribution in [0.2, 0.25) is 0 Å². The largest absolute Gasteiger partial charge is 0.350 e. The molecule has 0 radical (unpaired) electrons. The van der Waals surface area contributed by atoms with Gasteiger partial charge in [-0.2, -0.15) is 0 Å². The van der Waals surface area contributed by atoms with Crippen molar-refractivity contribution in [1.82, 2.24) is 10.6 Å². The minimum Gasteiger partial charge on any atom is -0.350 e. The van der Waals surface area contributed by atoms with Crippen molar-refractivity contribution in [3.8, 4) is 0 Å². The van der Waals surface area contributed by atoms with Crippen molar-refractivity contribution in [1.29, 1.82) is 0 Å². The second-order valence-corrected chi connectivity index (χ2v) is 4.86. The molecule has 7 heteroatoms. The number of nitrogens with one attached hydrogen (secondary N) is 3. The number of rotatable bonds is 7. The van der Waals surface area contributed by atoms with Gasteiger partial charge < -0.3 is 10.6 Å². The van der Waals surface area contributed by atoms with Crippen LogP contribution in [0.25, 0.3) is 0 Å². The molecule has 0 bridgehead atoms. The Labute approximate surface area is 128 Å². The minimum absolute atomic E-state index is 0.145. The Hall–Kier alpha value is -2.70. The van der Waals surface area contributed by atoms with Gasteiger partial charge >= 0.3 is 0 Å². The first-order chi connectivity index (χ1) is 10.4. The van der Waals surface area contributed by atoms with Crippen LogP contribution in [-0.4, -0.2) is 30.2 Å². The van der Waals surface area contributed by atoms with E-state index in [0.717, 1.165) is 0 Å². The first-order valence-corrected chi connectivity index (χ1v) is 6.84. The summed E-state index contributed by atoms with van der Waals surface area (Å²) in [5.41, 5.74) is 0.952. The first kappa shape index (κ1) is 17.4. The average Bonchev–Trinajstić information content (AvgIpc) is 2.45. The van der Waals surface area contributed by atoms with Gasteiger partial charge in [-0.1, -0.05) is 6.07 Å². The number of hydrogen-bond acceptors (Lipinski definition) is 4. The molecular formula is C15H19N3O4. The van der Waals surface area contributed by atoms with Crippen LogP contribution in [0.1, 0.15) is 37.0 Å². The summed E-state index contributed by atoms with van der Waals surface area (Å²) in [5, 5.41) is 7.40. The summed E-state index contributed by atoms with van der Waals surface area (Å²) in [6.07, 6.45) is 0.891. The van der Waals surface area contributed by atoms with Gasteiger partial charge in [-0.05, 0) is 31.5 Å². The van der Waals surface area contributed by atoms with Gasteiger partial charge in [-0.15, -0.1) is 0 Å². The summed E-state index contributed by atoms with van der Waals surface area (Å²) in [4.78, 5) is 44.3. The zero-order valence-corrected chi connectivity index (χ0v) is 12.5. The highest BCUT2D eigenvalue weighted by molar-refractivity contribution is 5.97. The molecule has 4 amide bonds. The van der Waals surface area contributed by atoms with Gasteiger partial charge in [0.05, 0.1) is 0 Å². The molecular weight excluding hydrogens is 286 g/mol. The van der Waals surface area contributed by atoms with Gasteiger partial charge in [0.2, 0.25) is 18.2 Å². The zero-order chi connectivity index (χ0) is 16.5. The second-order valence-electron chi connectivity index (χ2n) is 4.86. The maximum atomic E-state index is 12.1. The maximum Gasteiger partial charge on any atom is 0.251 e. The first-order valence-electron chi connectivity index (χ1n) is 6.84. The van der Waals surface area contributed by atoms with E-state index in [2.05, 4.69) is 10.6 Å². The monoisotopic (exact) mass is 305 g/mol. The third-order valence-corrected chi connectivity index (χ3v) is 2.85. The van der Waals surface area contributed by atoms with Crippen LogP contribution in [-0.2, 0) is 14.4 Å². The van der Waals surface area contributed by atoms with Crippen molar-refractivity contribution in [3.05, 3.63) is 29.8 Å². The van der Waals surface area contributed by atoms with Crippen molar-refractivity contribution in [2.45, 2.75) is 32.7 Å². The lowest BCUT2D eigenvalue weighted by molar-refractivity contribution is -0.125. The highest BCUT2D eigenvalue weighted by Crippen LogP contribution is 2.11. The molecule has 0 saturated carbocycles. The van der Waals surface area contributed by atoms with Crippen LogP contribution in [0.15, 0.2) is 24.3 Å². The van der Waals surface area contributed by atoms with Gasteiger partial charge in [0.25, 0.3) is 5.91 Å². The third-order valence-electron chi connectivity index (χ3n) is 2.85. The predicted octanol–water partition coefficient (Wildman–Crippen LogP) is 0.816. The molecule has 0 saturated heterocycles. The van der Waals surface area contributed by atoms with E-state index in [4.69, 9.17) is 0 Å². The van der Waals surface area contributed by atoms with Crippen molar-refractivity contribution in [2.24, 2.45) is 0 Å². The Kier molecular flexibility index (Phi) is 6.75. The molecule has 0 fully saturated rings. The SMILES string of the molecule is CC(=O)Nc1cccc(C(=O)NC(C)CCC(=O)NC=O)c1. The normalized spacial score (nSPS) is 11.2. The lowest BCUT2D eigenvalue weighted by atomic mass is 10.1. The molecule has 1 aromatic carbocycles. The van der Waals surface area contributed by atoms with Gasteiger partial charge in [0.15, 0.2) is 0 Å². The van der Waals surface area contributed by atoms with Crippen molar-refractivity contribution in [2.75, 3.05) is 5.32 Å². The summed E-state index contributed by atoms with van der Waals surface area (Å²) in [5.74, 6) is -0.897. The van der Waals surface area contributed by atoms with Gasteiger partial charge in [-0.25, -0.2) is 0 Å². The van der Waals surface area contributed by atoms with Crippen LogP contribution in [0.5, 0.6) is 0 Å². The molecule has 0 heterocycles. The number of carbonyl (C=O) groups is 4. The Balaban J connectivity index is 2.55. The van der Waals surface area contributed by atoms with E-state index in [-0.39, 0.29) is 30.2 Å². The minimum atomic E-state index is -0.385. The van der Waals surface area contributed by atoms with E-state index in [1.165, 1.54) is 6.92 Å². The lowest BCUT2D eigenvalue weighted by Gasteiger charge is -2.14. The molecule has 0 aromatic heterocycles. The number of anilines is 1. The quantitative estimate of drug-likeness (QED) is 0.648. The van der Waals surface area contributed by atoms with Crippen LogP contribution in [0, 0.1) is 0 Å². The molecule has 7 nitrogen and oxygen atoms in total. The Morgan fingerprint density at radius 3 is 2.64 bits per heavy atom. The number of imide groups is 1. The average molecular weight is 305 g/mol. The highest BCUT2D eigenvalue weighted by atomic mass is 16.2. The van der Waals surface area contributed by atoms with Crippen LogP contribution in [0.3, 0.4) is 0 Å².